The average molecular weight is 230 g/mol. The quantitative estimate of drug-likeness (QED) is 0.746. The van der Waals surface area contributed by atoms with Gasteiger partial charge in [0, 0.05) is 18.5 Å². The van der Waals surface area contributed by atoms with E-state index in [1.54, 1.807) is 11.3 Å². The van der Waals surface area contributed by atoms with E-state index in [4.69, 9.17) is 16.9 Å². The van der Waals surface area contributed by atoms with Gasteiger partial charge in [0.2, 0.25) is 0 Å². The highest BCUT2D eigenvalue weighted by atomic mass is 35.5. The van der Waals surface area contributed by atoms with Crippen LogP contribution in [0.3, 0.4) is 0 Å². The number of anilines is 1. The lowest BCUT2D eigenvalue weighted by Gasteiger charge is -2.21. The predicted molar refractivity (Wildman–Crippen MR) is 59.8 cm³/mol. The Labute approximate surface area is 92.9 Å². The highest BCUT2D eigenvalue weighted by Crippen LogP contribution is 2.22. The Hall–Kier alpha value is -0.790. The molecule has 14 heavy (non-hydrogen) atoms. The Morgan fingerprint density at radius 2 is 2.50 bits per heavy atom. The number of hydrogen-bond donors (Lipinski definition) is 0. The van der Waals surface area contributed by atoms with Crippen molar-refractivity contribution in [1.29, 1.82) is 5.26 Å². The van der Waals surface area contributed by atoms with Gasteiger partial charge in [-0.1, -0.05) is 0 Å². The summed E-state index contributed by atoms with van der Waals surface area (Å²) in [5.41, 5.74) is 0.891. The van der Waals surface area contributed by atoms with Crippen molar-refractivity contribution in [1.82, 2.24) is 4.98 Å². The lowest BCUT2D eigenvalue weighted by atomic mass is 10.2. The number of hydrogen-bond acceptors (Lipinski definition) is 4. The Morgan fingerprint density at radius 3 is 3.00 bits per heavy atom. The summed E-state index contributed by atoms with van der Waals surface area (Å²) in [6.45, 7) is 2.00. The molecule has 1 heterocycles. The molecule has 0 bridgehead atoms. The fourth-order valence-corrected chi connectivity index (χ4v) is 2.10. The van der Waals surface area contributed by atoms with Crippen LogP contribution in [0.1, 0.15) is 19.0 Å². The zero-order valence-corrected chi connectivity index (χ0v) is 9.77. The summed E-state index contributed by atoms with van der Waals surface area (Å²) in [4.78, 5) is 6.34. The number of nitrogens with zero attached hydrogens (tertiary/aromatic N) is 3. The van der Waals surface area contributed by atoms with E-state index in [1.165, 1.54) is 0 Å². The SMILES string of the molecule is CC(CC#N)N(C)c1nc(CCl)cs1. The highest BCUT2D eigenvalue weighted by Gasteiger charge is 2.12. The lowest BCUT2D eigenvalue weighted by Crippen LogP contribution is -2.28. The minimum atomic E-state index is 0.189. The van der Waals surface area contributed by atoms with Crippen LogP contribution in [0.15, 0.2) is 5.38 Å². The molecular formula is C9H12ClN3S. The lowest BCUT2D eigenvalue weighted by molar-refractivity contribution is 0.699. The number of thiazole rings is 1. The molecule has 0 aromatic carbocycles. The first-order valence-electron chi connectivity index (χ1n) is 4.29. The van der Waals surface area contributed by atoms with Gasteiger partial charge in [-0.05, 0) is 6.92 Å². The number of nitriles is 1. The first-order chi connectivity index (χ1) is 6.69. The fourth-order valence-electron chi connectivity index (χ4n) is 0.977. The minimum absolute atomic E-state index is 0.189. The maximum atomic E-state index is 8.57. The summed E-state index contributed by atoms with van der Waals surface area (Å²) < 4.78 is 0. The Kier molecular flexibility index (Phi) is 4.18. The van der Waals surface area contributed by atoms with Gasteiger partial charge in [-0.25, -0.2) is 4.98 Å². The summed E-state index contributed by atoms with van der Waals surface area (Å²) in [7, 11) is 1.94. The zero-order chi connectivity index (χ0) is 10.6. The number of aromatic nitrogens is 1. The van der Waals surface area contributed by atoms with Crippen molar-refractivity contribution >= 4 is 28.1 Å². The van der Waals surface area contributed by atoms with Crippen molar-refractivity contribution in [2.75, 3.05) is 11.9 Å². The monoisotopic (exact) mass is 229 g/mol. The molecule has 1 atom stereocenters. The van der Waals surface area contributed by atoms with Crippen molar-refractivity contribution in [3.63, 3.8) is 0 Å². The van der Waals surface area contributed by atoms with Crippen LogP contribution in [0.5, 0.6) is 0 Å². The maximum Gasteiger partial charge on any atom is 0.185 e. The van der Waals surface area contributed by atoms with E-state index in [-0.39, 0.29) is 6.04 Å². The molecule has 1 aromatic rings. The van der Waals surface area contributed by atoms with Crippen LogP contribution in [0.4, 0.5) is 5.13 Å². The van der Waals surface area contributed by atoms with Crippen LogP contribution in [0.2, 0.25) is 0 Å². The van der Waals surface area contributed by atoms with E-state index in [0.717, 1.165) is 10.8 Å². The first kappa shape index (κ1) is 11.3. The summed E-state index contributed by atoms with van der Waals surface area (Å²) in [6, 6.07) is 2.34. The maximum absolute atomic E-state index is 8.57. The van der Waals surface area contributed by atoms with Crippen LogP contribution in [-0.4, -0.2) is 18.1 Å². The molecule has 0 aliphatic heterocycles. The molecule has 0 saturated heterocycles. The van der Waals surface area contributed by atoms with Gasteiger partial charge >= 0.3 is 0 Å². The van der Waals surface area contributed by atoms with Crippen molar-refractivity contribution < 1.29 is 0 Å². The second kappa shape index (κ2) is 5.18. The number of halogens is 1. The van der Waals surface area contributed by atoms with Crippen molar-refractivity contribution in [2.45, 2.75) is 25.3 Å². The van der Waals surface area contributed by atoms with Gasteiger partial charge in [-0.3, -0.25) is 0 Å². The highest BCUT2D eigenvalue weighted by molar-refractivity contribution is 7.13. The van der Waals surface area contributed by atoms with Gasteiger partial charge in [0.15, 0.2) is 5.13 Å². The topological polar surface area (TPSA) is 39.9 Å². The molecule has 0 aliphatic rings. The molecule has 0 fully saturated rings. The zero-order valence-electron chi connectivity index (χ0n) is 8.20. The molecule has 1 aromatic heterocycles. The summed E-state index contributed by atoms with van der Waals surface area (Å²) in [6.07, 6.45) is 0.506. The predicted octanol–water partition coefficient (Wildman–Crippen LogP) is 2.62. The van der Waals surface area contributed by atoms with Crippen molar-refractivity contribution in [2.24, 2.45) is 0 Å². The summed E-state index contributed by atoms with van der Waals surface area (Å²) >= 11 is 7.22. The van der Waals surface area contributed by atoms with E-state index >= 15 is 0 Å². The van der Waals surface area contributed by atoms with Crippen LogP contribution in [0, 0.1) is 11.3 Å². The van der Waals surface area contributed by atoms with Gasteiger partial charge < -0.3 is 4.90 Å². The molecular weight excluding hydrogens is 218 g/mol. The smallest absolute Gasteiger partial charge is 0.185 e. The van der Waals surface area contributed by atoms with Crippen molar-refractivity contribution in [3.8, 4) is 6.07 Å². The van der Waals surface area contributed by atoms with Crippen LogP contribution in [0.25, 0.3) is 0 Å². The molecule has 5 heteroatoms. The molecule has 0 spiro atoms. The van der Waals surface area contributed by atoms with Crippen molar-refractivity contribution in [3.05, 3.63) is 11.1 Å². The molecule has 0 amide bonds. The van der Waals surface area contributed by atoms with E-state index < -0.39 is 0 Å². The van der Waals surface area contributed by atoms with E-state index in [1.807, 2.05) is 24.3 Å². The second-order valence-corrected chi connectivity index (χ2v) is 4.18. The summed E-state index contributed by atoms with van der Waals surface area (Å²) in [5.74, 6) is 0.441. The van der Waals surface area contributed by atoms with E-state index in [9.17, 15) is 0 Å². The van der Waals surface area contributed by atoms with Gasteiger partial charge in [0.25, 0.3) is 0 Å². The van der Waals surface area contributed by atoms with Crippen LogP contribution >= 0.6 is 22.9 Å². The van der Waals surface area contributed by atoms with Crippen LogP contribution < -0.4 is 4.90 Å². The normalized spacial score (nSPS) is 12.1. The average Bonchev–Trinajstić information content (AvgIpc) is 2.65. The molecule has 0 saturated carbocycles. The Bertz CT molecular complexity index is 331. The molecule has 1 rings (SSSR count). The molecule has 0 N–H and O–H groups in total. The van der Waals surface area contributed by atoms with E-state index in [2.05, 4.69) is 11.1 Å². The van der Waals surface area contributed by atoms with E-state index in [0.29, 0.717) is 12.3 Å². The van der Waals surface area contributed by atoms with Gasteiger partial charge in [0.05, 0.1) is 24.1 Å². The molecule has 0 radical (unpaired) electrons. The Balaban J connectivity index is 2.69. The van der Waals surface area contributed by atoms with Gasteiger partial charge in [0.1, 0.15) is 0 Å². The third-order valence-electron chi connectivity index (χ3n) is 2.03. The third kappa shape index (κ3) is 2.60. The van der Waals surface area contributed by atoms with Gasteiger partial charge in [-0.2, -0.15) is 5.26 Å². The Morgan fingerprint density at radius 1 is 1.79 bits per heavy atom. The fraction of sp³-hybridized carbons (Fsp3) is 0.556. The molecule has 76 valence electrons. The second-order valence-electron chi connectivity index (χ2n) is 3.08. The first-order valence-corrected chi connectivity index (χ1v) is 5.70. The largest absolute Gasteiger partial charge is 0.347 e. The third-order valence-corrected chi connectivity index (χ3v) is 3.28. The standard InChI is InChI=1S/C9H12ClN3S/c1-7(3-4-11)13(2)9-12-8(5-10)6-14-9/h6-7H,3,5H2,1-2H3. The molecule has 0 aliphatic carbocycles. The minimum Gasteiger partial charge on any atom is -0.347 e. The molecule has 3 nitrogen and oxygen atoms in total. The molecule has 1 unspecified atom stereocenters. The number of rotatable bonds is 4. The van der Waals surface area contributed by atoms with Crippen LogP contribution in [-0.2, 0) is 5.88 Å². The van der Waals surface area contributed by atoms with Gasteiger partial charge in [-0.15, -0.1) is 22.9 Å². The summed E-state index contributed by atoms with van der Waals surface area (Å²) in [5, 5.41) is 11.4. The number of alkyl halides is 1.